The largest absolute Gasteiger partial charge is 0.448 e. The van der Waals surface area contributed by atoms with Crippen LogP contribution in [0.4, 0.5) is 0 Å². The van der Waals surface area contributed by atoms with Crippen LogP contribution in [0.25, 0.3) is 0 Å². The van der Waals surface area contributed by atoms with E-state index in [4.69, 9.17) is 4.42 Å². The van der Waals surface area contributed by atoms with E-state index in [0.29, 0.717) is 6.04 Å². The van der Waals surface area contributed by atoms with E-state index in [9.17, 15) is 0 Å². The van der Waals surface area contributed by atoms with Crippen molar-refractivity contribution in [2.75, 3.05) is 0 Å². The summed E-state index contributed by atoms with van der Waals surface area (Å²) in [5, 5.41) is 3.27. The third-order valence-electron chi connectivity index (χ3n) is 1.52. The molecule has 1 rings (SSSR count). The standard InChI is InChI=1S/C8H14N2O/c1-6(2)9-4-8-7(3)11-5-10-8/h5-6,9H,4H2,1-3H3. The maximum Gasteiger partial charge on any atom is 0.181 e. The Balaban J connectivity index is 2.44. The van der Waals surface area contributed by atoms with Crippen LogP contribution in [0.5, 0.6) is 0 Å². The highest BCUT2D eigenvalue weighted by atomic mass is 16.3. The maximum atomic E-state index is 5.05. The Morgan fingerprint density at radius 1 is 1.64 bits per heavy atom. The molecule has 0 saturated heterocycles. The Morgan fingerprint density at radius 3 is 2.82 bits per heavy atom. The number of hydrogen-bond acceptors (Lipinski definition) is 3. The number of aryl methyl sites for hydroxylation is 1. The molecule has 0 aliphatic carbocycles. The molecule has 0 bridgehead atoms. The molecule has 0 aromatic carbocycles. The number of aromatic nitrogens is 1. The lowest BCUT2D eigenvalue weighted by Crippen LogP contribution is -2.22. The molecule has 0 spiro atoms. The van der Waals surface area contributed by atoms with E-state index in [-0.39, 0.29) is 0 Å². The number of nitrogens with zero attached hydrogens (tertiary/aromatic N) is 1. The highest BCUT2D eigenvalue weighted by Gasteiger charge is 2.02. The molecule has 0 amide bonds. The summed E-state index contributed by atoms with van der Waals surface area (Å²) in [5.74, 6) is 0.901. The van der Waals surface area contributed by atoms with Crippen LogP contribution in [0, 0.1) is 6.92 Å². The van der Waals surface area contributed by atoms with Gasteiger partial charge in [0.25, 0.3) is 0 Å². The summed E-state index contributed by atoms with van der Waals surface area (Å²) < 4.78 is 5.05. The Labute approximate surface area is 66.8 Å². The predicted molar refractivity (Wildman–Crippen MR) is 43.2 cm³/mol. The van der Waals surface area contributed by atoms with Crippen LogP contribution in [0.15, 0.2) is 10.8 Å². The first-order valence-corrected chi connectivity index (χ1v) is 3.82. The molecule has 0 atom stereocenters. The summed E-state index contributed by atoms with van der Waals surface area (Å²) in [6.07, 6.45) is 1.48. The van der Waals surface area contributed by atoms with Gasteiger partial charge in [0.1, 0.15) is 5.76 Å². The molecule has 62 valence electrons. The minimum absolute atomic E-state index is 0.492. The third kappa shape index (κ3) is 2.35. The van der Waals surface area contributed by atoms with E-state index in [2.05, 4.69) is 24.1 Å². The van der Waals surface area contributed by atoms with Gasteiger partial charge in [-0.2, -0.15) is 0 Å². The first kappa shape index (κ1) is 8.27. The molecular weight excluding hydrogens is 140 g/mol. The molecule has 0 aliphatic heterocycles. The molecule has 1 N–H and O–H groups in total. The van der Waals surface area contributed by atoms with Gasteiger partial charge in [-0.1, -0.05) is 13.8 Å². The second-order valence-electron chi connectivity index (χ2n) is 2.89. The van der Waals surface area contributed by atoms with E-state index in [1.54, 1.807) is 0 Å². The summed E-state index contributed by atoms with van der Waals surface area (Å²) in [4.78, 5) is 4.06. The molecule has 0 saturated carbocycles. The fourth-order valence-corrected chi connectivity index (χ4v) is 0.799. The number of hydrogen-bond donors (Lipinski definition) is 1. The van der Waals surface area contributed by atoms with Crippen molar-refractivity contribution in [2.45, 2.75) is 33.4 Å². The van der Waals surface area contributed by atoms with Crippen LogP contribution in [0.3, 0.4) is 0 Å². The van der Waals surface area contributed by atoms with Crippen molar-refractivity contribution in [3.8, 4) is 0 Å². The van der Waals surface area contributed by atoms with Gasteiger partial charge in [0.2, 0.25) is 0 Å². The highest BCUT2D eigenvalue weighted by Crippen LogP contribution is 2.03. The summed E-state index contributed by atoms with van der Waals surface area (Å²) >= 11 is 0. The van der Waals surface area contributed by atoms with Gasteiger partial charge in [0.15, 0.2) is 6.39 Å². The normalized spacial score (nSPS) is 10.9. The van der Waals surface area contributed by atoms with Gasteiger partial charge in [0.05, 0.1) is 5.69 Å². The molecule has 1 aromatic rings. The monoisotopic (exact) mass is 154 g/mol. The topological polar surface area (TPSA) is 38.1 Å². The molecule has 0 radical (unpaired) electrons. The number of oxazole rings is 1. The molecule has 3 nitrogen and oxygen atoms in total. The zero-order chi connectivity index (χ0) is 8.27. The van der Waals surface area contributed by atoms with E-state index in [0.717, 1.165) is 18.0 Å². The molecule has 0 aliphatic rings. The zero-order valence-electron chi connectivity index (χ0n) is 7.22. The van der Waals surface area contributed by atoms with Crippen LogP contribution in [0.1, 0.15) is 25.3 Å². The minimum atomic E-state index is 0.492. The molecular formula is C8H14N2O. The van der Waals surface area contributed by atoms with Gasteiger partial charge in [-0.05, 0) is 6.92 Å². The van der Waals surface area contributed by atoms with Gasteiger partial charge >= 0.3 is 0 Å². The van der Waals surface area contributed by atoms with Crippen molar-refractivity contribution < 1.29 is 4.42 Å². The molecule has 3 heteroatoms. The van der Waals surface area contributed by atoms with Crippen molar-refractivity contribution in [2.24, 2.45) is 0 Å². The Bertz CT molecular complexity index is 218. The lowest BCUT2D eigenvalue weighted by molar-refractivity contribution is 0.518. The average Bonchev–Trinajstić information content (AvgIpc) is 2.31. The molecule has 11 heavy (non-hydrogen) atoms. The van der Waals surface area contributed by atoms with E-state index in [1.807, 2.05) is 6.92 Å². The smallest absolute Gasteiger partial charge is 0.181 e. The predicted octanol–water partition coefficient (Wildman–Crippen LogP) is 1.48. The number of nitrogens with one attached hydrogen (secondary N) is 1. The van der Waals surface area contributed by atoms with Crippen molar-refractivity contribution >= 4 is 0 Å². The van der Waals surface area contributed by atoms with Crippen LogP contribution in [0.2, 0.25) is 0 Å². The summed E-state index contributed by atoms with van der Waals surface area (Å²) in [6, 6.07) is 0.492. The van der Waals surface area contributed by atoms with E-state index in [1.165, 1.54) is 6.39 Å². The lowest BCUT2D eigenvalue weighted by Gasteiger charge is -2.04. The zero-order valence-corrected chi connectivity index (χ0v) is 7.22. The minimum Gasteiger partial charge on any atom is -0.448 e. The van der Waals surface area contributed by atoms with E-state index >= 15 is 0 Å². The average molecular weight is 154 g/mol. The van der Waals surface area contributed by atoms with Crippen molar-refractivity contribution in [1.29, 1.82) is 0 Å². The number of rotatable bonds is 3. The van der Waals surface area contributed by atoms with Crippen molar-refractivity contribution in [3.05, 3.63) is 17.8 Å². The first-order valence-electron chi connectivity index (χ1n) is 3.82. The van der Waals surface area contributed by atoms with Gasteiger partial charge in [0, 0.05) is 12.6 Å². The molecule has 0 unspecified atom stereocenters. The fraction of sp³-hybridized carbons (Fsp3) is 0.625. The third-order valence-corrected chi connectivity index (χ3v) is 1.52. The van der Waals surface area contributed by atoms with Crippen molar-refractivity contribution in [1.82, 2.24) is 10.3 Å². The highest BCUT2D eigenvalue weighted by molar-refractivity contribution is 5.03. The van der Waals surface area contributed by atoms with Gasteiger partial charge < -0.3 is 9.73 Å². The van der Waals surface area contributed by atoms with Crippen LogP contribution in [-0.2, 0) is 6.54 Å². The summed E-state index contributed by atoms with van der Waals surface area (Å²) in [5.41, 5.74) is 0.999. The maximum absolute atomic E-state index is 5.05. The SMILES string of the molecule is Cc1ocnc1CNC(C)C. The first-order chi connectivity index (χ1) is 5.20. The summed E-state index contributed by atoms with van der Waals surface area (Å²) in [6.45, 7) is 6.93. The van der Waals surface area contributed by atoms with Crippen molar-refractivity contribution in [3.63, 3.8) is 0 Å². The molecule has 1 heterocycles. The van der Waals surface area contributed by atoms with Crippen LogP contribution < -0.4 is 5.32 Å². The van der Waals surface area contributed by atoms with Crippen LogP contribution in [-0.4, -0.2) is 11.0 Å². The Kier molecular flexibility index (Phi) is 2.65. The fourth-order valence-electron chi connectivity index (χ4n) is 0.799. The second kappa shape index (κ2) is 3.53. The Morgan fingerprint density at radius 2 is 2.36 bits per heavy atom. The van der Waals surface area contributed by atoms with Gasteiger partial charge in [-0.15, -0.1) is 0 Å². The van der Waals surface area contributed by atoms with Crippen LogP contribution >= 0.6 is 0 Å². The summed E-state index contributed by atoms with van der Waals surface area (Å²) in [7, 11) is 0. The molecule has 0 fully saturated rings. The second-order valence-corrected chi connectivity index (χ2v) is 2.89. The Hall–Kier alpha value is -0.830. The lowest BCUT2D eigenvalue weighted by atomic mass is 10.3. The van der Waals surface area contributed by atoms with Gasteiger partial charge in [-0.25, -0.2) is 4.98 Å². The molecule has 1 aromatic heterocycles. The van der Waals surface area contributed by atoms with E-state index < -0.39 is 0 Å². The quantitative estimate of drug-likeness (QED) is 0.716. The van der Waals surface area contributed by atoms with Gasteiger partial charge in [-0.3, -0.25) is 0 Å².